The second kappa shape index (κ2) is 14.9. The molecule has 0 aromatic rings. The van der Waals surface area contributed by atoms with Gasteiger partial charge in [-0.3, -0.25) is 4.79 Å². The first-order valence-electron chi connectivity index (χ1n) is 12.7. The van der Waals surface area contributed by atoms with Crippen LogP contribution in [0.3, 0.4) is 0 Å². The Morgan fingerprint density at radius 2 is 1.13 bits per heavy atom. The topological polar surface area (TPSA) is 44.8 Å². The summed E-state index contributed by atoms with van der Waals surface area (Å²) in [5.74, 6) is -5.25. The van der Waals surface area contributed by atoms with Gasteiger partial charge in [0, 0.05) is 12.0 Å². The minimum atomic E-state index is -6.33. The van der Waals surface area contributed by atoms with Crippen LogP contribution in [0.5, 0.6) is 0 Å². The molecule has 0 N–H and O–H groups in total. The molecule has 0 aliphatic rings. The molecule has 4 nitrogen and oxygen atoms in total. The fourth-order valence-electron chi connectivity index (χ4n) is 3.23. The maximum atomic E-state index is 14.7. The van der Waals surface area contributed by atoms with Crippen LogP contribution in [-0.4, -0.2) is 61.8 Å². The predicted molar refractivity (Wildman–Crippen MR) is 124 cm³/mol. The van der Waals surface area contributed by atoms with Crippen molar-refractivity contribution in [1.29, 1.82) is 0 Å². The maximum Gasteiger partial charge on any atom is 0.448 e. The number of carbonyl (C=O) groups is 1. The summed E-state index contributed by atoms with van der Waals surface area (Å²) in [7, 11) is 0. The quantitative estimate of drug-likeness (QED) is 0.103. The Morgan fingerprint density at radius 3 is 1.49 bits per heavy atom. The van der Waals surface area contributed by atoms with Gasteiger partial charge in [-0.25, -0.2) is 4.39 Å². The molecule has 0 spiro atoms. The summed E-state index contributed by atoms with van der Waals surface area (Å²) in [6.45, 7) is 1.55. The van der Waals surface area contributed by atoms with Gasteiger partial charge in [0.05, 0.1) is 37.0 Å². The highest BCUT2D eigenvalue weighted by Crippen LogP contribution is 2.48. The highest BCUT2D eigenvalue weighted by molar-refractivity contribution is 5.75. The summed E-state index contributed by atoms with van der Waals surface area (Å²) < 4.78 is 226. The third-order valence-electron chi connectivity index (χ3n) is 6.21. The summed E-state index contributed by atoms with van der Waals surface area (Å²) in [4.78, 5) is 12.3. The van der Waals surface area contributed by atoms with Gasteiger partial charge in [-0.2, -0.15) is 65.9 Å². The Labute approximate surface area is 246 Å². The zero-order valence-electron chi connectivity index (χ0n) is 24.2. The van der Waals surface area contributed by atoms with Crippen molar-refractivity contribution in [2.45, 2.75) is 109 Å². The molecule has 0 aliphatic carbocycles. The summed E-state index contributed by atoms with van der Waals surface area (Å²) in [6.07, 6.45) is -39.6. The first kappa shape index (κ1) is 42.4. The van der Waals surface area contributed by atoms with Gasteiger partial charge in [0.25, 0.3) is 0 Å². The first-order valence-corrected chi connectivity index (χ1v) is 12.7. The lowest BCUT2D eigenvalue weighted by molar-refractivity contribution is -0.220. The molecule has 2 atom stereocenters. The molecule has 0 rings (SSSR count). The van der Waals surface area contributed by atoms with Crippen molar-refractivity contribution in [3.63, 3.8) is 0 Å². The van der Waals surface area contributed by atoms with Crippen LogP contribution in [0.15, 0.2) is 22.7 Å². The van der Waals surface area contributed by atoms with Crippen LogP contribution in [-0.2, 0) is 19.0 Å². The third kappa shape index (κ3) is 15.0. The Hall–Kier alpha value is -2.57. The molecule has 0 aromatic carbocycles. The van der Waals surface area contributed by atoms with Gasteiger partial charge in [0.2, 0.25) is 11.4 Å². The number of hydrogen-bond donors (Lipinski definition) is 0. The van der Waals surface area contributed by atoms with E-state index in [0.29, 0.717) is 6.92 Å². The van der Waals surface area contributed by atoms with Crippen LogP contribution in [0.2, 0.25) is 0 Å². The number of carbonyl (C=O) groups excluding carboxylic acids is 1. The van der Waals surface area contributed by atoms with Gasteiger partial charge in [0.15, 0.2) is 0 Å². The summed E-state index contributed by atoms with van der Waals surface area (Å²) in [5, 5.41) is 0. The van der Waals surface area contributed by atoms with Gasteiger partial charge < -0.3 is 14.2 Å². The van der Waals surface area contributed by atoms with Gasteiger partial charge in [-0.1, -0.05) is 6.92 Å². The van der Waals surface area contributed by atoms with Crippen LogP contribution in [0.4, 0.5) is 70.2 Å². The van der Waals surface area contributed by atoms with Crippen molar-refractivity contribution in [2.24, 2.45) is 5.41 Å². The van der Waals surface area contributed by atoms with Crippen LogP contribution in [0.1, 0.15) is 66.7 Å². The van der Waals surface area contributed by atoms with Gasteiger partial charge in [-0.05, 0) is 39.7 Å². The molecule has 0 amide bonds. The second-order valence-corrected chi connectivity index (χ2v) is 10.6. The van der Waals surface area contributed by atoms with Crippen molar-refractivity contribution < 1.29 is 89.3 Å². The molecule has 266 valence electrons. The van der Waals surface area contributed by atoms with Crippen molar-refractivity contribution >= 4 is 5.97 Å². The minimum Gasteiger partial charge on any atom is -0.498 e. The zero-order chi connectivity index (χ0) is 36.0. The Bertz CT molecular complexity index is 1020. The molecule has 2 unspecified atom stereocenters. The van der Waals surface area contributed by atoms with Gasteiger partial charge in [-0.15, -0.1) is 0 Å². The van der Waals surface area contributed by atoms with Crippen LogP contribution >= 0.6 is 0 Å². The standard InChI is InChI=1S/C25H30F16O4/c1-6-19(3,4)18(42)44-12-15(7-8-43-13(2)14(9-21(27,28)29)10-22(30,31)32)45-17(24(36,37)38)16(11-23(33,34)35)20(5,26)25(39,40)41/h15H,6-12H2,1-5H3/b17-16-. The highest BCUT2D eigenvalue weighted by atomic mass is 19.4. The number of rotatable bonds is 14. The van der Waals surface area contributed by atoms with Crippen LogP contribution in [0.25, 0.3) is 0 Å². The van der Waals surface area contributed by atoms with Crippen LogP contribution in [0, 0.1) is 5.41 Å². The SMILES string of the molecule is CCC(C)(C)C(=O)OCC(CCOC(C)=C(CC(F)(F)F)CC(F)(F)F)O/C(=C(/CC(F)(F)F)C(C)(F)C(F)(F)F)C(F)(F)F. The molecule has 45 heavy (non-hydrogen) atoms. The molecule has 0 fully saturated rings. The molecular formula is C25H30F16O4. The van der Waals surface area contributed by atoms with E-state index in [0.717, 1.165) is 0 Å². The first-order chi connectivity index (χ1) is 19.7. The van der Waals surface area contributed by atoms with Crippen molar-refractivity contribution in [3.8, 4) is 0 Å². The van der Waals surface area contributed by atoms with E-state index in [9.17, 15) is 75.0 Å². The summed E-state index contributed by atoms with van der Waals surface area (Å²) >= 11 is 0. The average Bonchev–Trinajstić information content (AvgIpc) is 2.79. The molecule has 0 bridgehead atoms. The minimum absolute atomic E-state index is 0.0564. The van der Waals surface area contributed by atoms with Crippen molar-refractivity contribution in [1.82, 2.24) is 0 Å². The van der Waals surface area contributed by atoms with Crippen molar-refractivity contribution in [2.75, 3.05) is 13.2 Å². The average molecular weight is 698 g/mol. The van der Waals surface area contributed by atoms with E-state index in [1.54, 1.807) is 0 Å². The fraction of sp³-hybridized carbons (Fsp3) is 0.800. The lowest BCUT2D eigenvalue weighted by Gasteiger charge is -2.32. The lowest BCUT2D eigenvalue weighted by atomic mass is 9.91. The van der Waals surface area contributed by atoms with E-state index in [1.165, 1.54) is 20.8 Å². The van der Waals surface area contributed by atoms with E-state index in [4.69, 9.17) is 9.47 Å². The summed E-state index contributed by atoms with van der Waals surface area (Å²) in [6, 6.07) is 0. The molecule has 0 radical (unpaired) electrons. The van der Waals surface area contributed by atoms with E-state index >= 15 is 0 Å². The molecule has 0 saturated carbocycles. The molecular weight excluding hydrogens is 668 g/mol. The van der Waals surface area contributed by atoms with E-state index in [2.05, 4.69) is 4.74 Å². The fourth-order valence-corrected chi connectivity index (χ4v) is 3.23. The largest absolute Gasteiger partial charge is 0.498 e. The van der Waals surface area contributed by atoms with E-state index in [-0.39, 0.29) is 6.42 Å². The zero-order valence-corrected chi connectivity index (χ0v) is 24.2. The molecule has 20 heteroatoms. The number of ether oxygens (including phenoxy) is 3. The number of allylic oxidation sites excluding steroid dienone is 4. The van der Waals surface area contributed by atoms with Crippen molar-refractivity contribution in [3.05, 3.63) is 22.7 Å². The van der Waals surface area contributed by atoms with Gasteiger partial charge >= 0.3 is 36.9 Å². The maximum absolute atomic E-state index is 14.7. The number of alkyl halides is 16. The third-order valence-corrected chi connectivity index (χ3v) is 6.21. The second-order valence-electron chi connectivity index (χ2n) is 10.6. The summed E-state index contributed by atoms with van der Waals surface area (Å²) in [5.41, 5.74) is -10.9. The predicted octanol–water partition coefficient (Wildman–Crippen LogP) is 10.00. The number of halogens is 16. The Balaban J connectivity index is 6.81. The molecule has 0 heterocycles. The highest BCUT2D eigenvalue weighted by Gasteiger charge is 2.60. The smallest absolute Gasteiger partial charge is 0.448 e. The van der Waals surface area contributed by atoms with E-state index in [1.807, 2.05) is 0 Å². The van der Waals surface area contributed by atoms with Crippen LogP contribution < -0.4 is 0 Å². The molecule has 0 aliphatic heterocycles. The molecule has 0 saturated heterocycles. The normalized spacial score (nSPS) is 16.4. The Kier molecular flexibility index (Phi) is 14.0. The van der Waals surface area contributed by atoms with Gasteiger partial charge in [0.1, 0.15) is 12.7 Å². The van der Waals surface area contributed by atoms with E-state index < -0.39 is 123 Å². The number of esters is 1. The lowest BCUT2D eigenvalue weighted by Crippen LogP contribution is -2.44. The number of hydrogen-bond acceptors (Lipinski definition) is 4. The Morgan fingerprint density at radius 1 is 0.689 bits per heavy atom. The monoisotopic (exact) mass is 698 g/mol. The molecule has 0 aromatic heterocycles.